The summed E-state index contributed by atoms with van der Waals surface area (Å²) >= 11 is 0. The molecule has 1 atom stereocenters. The van der Waals surface area contributed by atoms with E-state index in [1.165, 1.54) is 0 Å². The second-order valence-electron chi connectivity index (χ2n) is 3.15. The minimum absolute atomic E-state index is 0.151. The van der Waals surface area contributed by atoms with Gasteiger partial charge in [0.1, 0.15) is 17.4 Å². The van der Waals surface area contributed by atoms with Gasteiger partial charge in [-0.3, -0.25) is 0 Å². The summed E-state index contributed by atoms with van der Waals surface area (Å²) in [5.74, 6) is 0.788. The Morgan fingerprint density at radius 3 is 2.86 bits per heavy atom. The Labute approximate surface area is 82.5 Å². The molecular weight excluding hydrogens is 178 g/mol. The molecule has 0 unspecified atom stereocenters. The monoisotopic (exact) mass is 191 g/mol. The molecule has 0 aliphatic rings. The molecule has 0 amide bonds. The molecule has 1 aromatic carbocycles. The average Bonchev–Trinajstić information content (AvgIpc) is 2.63. The Balaban J connectivity index is 2.43. The summed E-state index contributed by atoms with van der Waals surface area (Å²) in [6, 6.07) is 9.83. The van der Waals surface area contributed by atoms with E-state index in [1.54, 1.807) is 7.11 Å². The zero-order chi connectivity index (χ0) is 9.97. The van der Waals surface area contributed by atoms with Crippen LogP contribution in [0.4, 0.5) is 0 Å². The van der Waals surface area contributed by atoms with Gasteiger partial charge < -0.3 is 14.9 Å². The zero-order valence-electron chi connectivity index (χ0n) is 8.07. The summed E-state index contributed by atoms with van der Waals surface area (Å²) in [4.78, 5) is 0. The molecule has 0 saturated heterocycles. The molecule has 0 fully saturated rings. The normalized spacial score (nSPS) is 13.3. The van der Waals surface area contributed by atoms with Gasteiger partial charge in [0.15, 0.2) is 0 Å². The second kappa shape index (κ2) is 3.82. The van der Waals surface area contributed by atoms with Gasteiger partial charge in [-0.05, 0) is 12.1 Å². The van der Waals surface area contributed by atoms with Crippen LogP contribution in [0.3, 0.4) is 0 Å². The van der Waals surface area contributed by atoms with Crippen molar-refractivity contribution in [3.8, 4) is 0 Å². The van der Waals surface area contributed by atoms with Gasteiger partial charge in [0.05, 0.1) is 0 Å². The van der Waals surface area contributed by atoms with Crippen LogP contribution in [-0.4, -0.2) is 13.7 Å². The Bertz CT molecular complexity index is 385. The van der Waals surface area contributed by atoms with E-state index in [0.29, 0.717) is 6.54 Å². The molecule has 0 aliphatic carbocycles. The van der Waals surface area contributed by atoms with Crippen molar-refractivity contribution in [3.63, 3.8) is 0 Å². The lowest BCUT2D eigenvalue weighted by Crippen LogP contribution is -2.13. The van der Waals surface area contributed by atoms with Crippen LogP contribution in [0.2, 0.25) is 0 Å². The van der Waals surface area contributed by atoms with Gasteiger partial charge in [0.25, 0.3) is 0 Å². The van der Waals surface area contributed by atoms with E-state index in [9.17, 15) is 0 Å². The summed E-state index contributed by atoms with van der Waals surface area (Å²) in [6.45, 7) is 0.427. The molecule has 3 nitrogen and oxygen atoms in total. The molecule has 2 rings (SSSR count). The molecule has 2 aromatic rings. The first-order chi connectivity index (χ1) is 6.85. The fourth-order valence-corrected chi connectivity index (χ4v) is 1.49. The molecule has 14 heavy (non-hydrogen) atoms. The van der Waals surface area contributed by atoms with Crippen molar-refractivity contribution in [1.29, 1.82) is 0 Å². The molecule has 74 valence electrons. The molecule has 1 aromatic heterocycles. The van der Waals surface area contributed by atoms with Crippen LogP contribution in [0.15, 0.2) is 34.7 Å². The van der Waals surface area contributed by atoms with E-state index in [0.717, 1.165) is 16.7 Å². The van der Waals surface area contributed by atoms with Crippen LogP contribution in [0, 0.1) is 0 Å². The van der Waals surface area contributed by atoms with Crippen molar-refractivity contribution in [1.82, 2.24) is 0 Å². The van der Waals surface area contributed by atoms with Crippen molar-refractivity contribution in [2.24, 2.45) is 5.73 Å². The third-order valence-corrected chi connectivity index (χ3v) is 2.26. The van der Waals surface area contributed by atoms with Gasteiger partial charge in [-0.15, -0.1) is 0 Å². The van der Waals surface area contributed by atoms with Crippen molar-refractivity contribution >= 4 is 11.0 Å². The van der Waals surface area contributed by atoms with Crippen LogP contribution in [0.5, 0.6) is 0 Å². The quantitative estimate of drug-likeness (QED) is 0.808. The minimum Gasteiger partial charge on any atom is -0.458 e. The maximum atomic E-state index is 5.61. The molecule has 1 heterocycles. The number of rotatable bonds is 3. The third kappa shape index (κ3) is 1.52. The largest absolute Gasteiger partial charge is 0.458 e. The Morgan fingerprint density at radius 2 is 2.21 bits per heavy atom. The summed E-state index contributed by atoms with van der Waals surface area (Å²) in [5.41, 5.74) is 6.43. The number of para-hydroxylation sites is 1. The predicted molar refractivity (Wildman–Crippen MR) is 55.0 cm³/mol. The Hall–Kier alpha value is -1.32. The number of furan rings is 1. The van der Waals surface area contributed by atoms with Gasteiger partial charge in [0, 0.05) is 19.0 Å². The van der Waals surface area contributed by atoms with Gasteiger partial charge in [0.2, 0.25) is 0 Å². The van der Waals surface area contributed by atoms with E-state index < -0.39 is 0 Å². The molecule has 0 spiro atoms. The number of nitrogens with two attached hydrogens (primary N) is 1. The zero-order valence-corrected chi connectivity index (χ0v) is 8.07. The van der Waals surface area contributed by atoms with E-state index in [-0.39, 0.29) is 6.10 Å². The maximum absolute atomic E-state index is 5.61. The summed E-state index contributed by atoms with van der Waals surface area (Å²) < 4.78 is 10.8. The van der Waals surface area contributed by atoms with Gasteiger partial charge >= 0.3 is 0 Å². The fourth-order valence-electron chi connectivity index (χ4n) is 1.49. The number of ether oxygens (including phenoxy) is 1. The molecule has 0 saturated carbocycles. The second-order valence-corrected chi connectivity index (χ2v) is 3.15. The van der Waals surface area contributed by atoms with Crippen LogP contribution >= 0.6 is 0 Å². The lowest BCUT2D eigenvalue weighted by atomic mass is 10.2. The van der Waals surface area contributed by atoms with E-state index >= 15 is 0 Å². The van der Waals surface area contributed by atoms with Crippen LogP contribution in [0.25, 0.3) is 11.0 Å². The lowest BCUT2D eigenvalue weighted by Gasteiger charge is -2.08. The predicted octanol–water partition coefficient (Wildman–Crippen LogP) is 2.08. The molecule has 0 aliphatic heterocycles. The summed E-state index contributed by atoms with van der Waals surface area (Å²) in [5, 5.41) is 1.08. The van der Waals surface area contributed by atoms with E-state index in [2.05, 4.69) is 0 Å². The molecular formula is C11H13NO2. The smallest absolute Gasteiger partial charge is 0.135 e. The molecule has 2 N–H and O–H groups in total. The minimum atomic E-state index is -0.151. The SMILES string of the molecule is CO[C@@H](CN)c1cc2ccccc2o1. The van der Waals surface area contributed by atoms with Crippen LogP contribution in [0.1, 0.15) is 11.9 Å². The fraction of sp³-hybridized carbons (Fsp3) is 0.273. The number of hydrogen-bond acceptors (Lipinski definition) is 3. The molecule has 0 radical (unpaired) electrons. The highest BCUT2D eigenvalue weighted by atomic mass is 16.5. The van der Waals surface area contributed by atoms with Crippen LogP contribution < -0.4 is 5.73 Å². The topological polar surface area (TPSA) is 48.4 Å². The highest BCUT2D eigenvalue weighted by molar-refractivity contribution is 5.77. The number of methoxy groups -OCH3 is 1. The highest BCUT2D eigenvalue weighted by Gasteiger charge is 2.13. The first-order valence-corrected chi connectivity index (χ1v) is 4.56. The van der Waals surface area contributed by atoms with Crippen molar-refractivity contribution in [2.45, 2.75) is 6.10 Å². The van der Waals surface area contributed by atoms with Gasteiger partial charge in [-0.25, -0.2) is 0 Å². The van der Waals surface area contributed by atoms with Crippen molar-refractivity contribution in [3.05, 3.63) is 36.1 Å². The Kier molecular flexibility index (Phi) is 2.52. The molecule has 3 heteroatoms. The molecule has 0 bridgehead atoms. The maximum Gasteiger partial charge on any atom is 0.135 e. The average molecular weight is 191 g/mol. The highest BCUT2D eigenvalue weighted by Crippen LogP contribution is 2.24. The van der Waals surface area contributed by atoms with Gasteiger partial charge in [-0.2, -0.15) is 0 Å². The number of benzene rings is 1. The van der Waals surface area contributed by atoms with Gasteiger partial charge in [-0.1, -0.05) is 18.2 Å². The number of fused-ring (bicyclic) bond motifs is 1. The van der Waals surface area contributed by atoms with E-state index in [1.807, 2.05) is 30.3 Å². The number of hydrogen-bond donors (Lipinski definition) is 1. The lowest BCUT2D eigenvalue weighted by molar-refractivity contribution is 0.0924. The summed E-state index contributed by atoms with van der Waals surface area (Å²) in [6.07, 6.45) is -0.151. The van der Waals surface area contributed by atoms with E-state index in [4.69, 9.17) is 14.9 Å². The van der Waals surface area contributed by atoms with Crippen molar-refractivity contribution < 1.29 is 9.15 Å². The standard InChI is InChI=1S/C11H13NO2/c1-13-11(7-12)10-6-8-4-2-3-5-9(8)14-10/h2-6,11H,7,12H2,1H3/t11-/m0/s1. The first-order valence-electron chi connectivity index (χ1n) is 4.56. The summed E-state index contributed by atoms with van der Waals surface area (Å²) in [7, 11) is 1.63. The Morgan fingerprint density at radius 1 is 1.43 bits per heavy atom. The first kappa shape index (κ1) is 9.24. The van der Waals surface area contributed by atoms with Crippen LogP contribution in [-0.2, 0) is 4.74 Å². The third-order valence-electron chi connectivity index (χ3n) is 2.26. The van der Waals surface area contributed by atoms with Crippen molar-refractivity contribution in [2.75, 3.05) is 13.7 Å².